The van der Waals surface area contributed by atoms with E-state index in [9.17, 15) is 4.39 Å². The van der Waals surface area contributed by atoms with Crippen LogP contribution in [0.4, 0.5) is 4.39 Å². The largest absolute Gasteiger partial charge is 0.488 e. The van der Waals surface area contributed by atoms with Crippen LogP contribution in [0.25, 0.3) is 0 Å². The number of hydrogen-bond donors (Lipinski definition) is 0. The lowest BCUT2D eigenvalue weighted by molar-refractivity contribution is 0.145. The molecule has 4 heteroatoms. The summed E-state index contributed by atoms with van der Waals surface area (Å²) in [5.41, 5.74) is 0.932. The molecule has 0 fully saturated rings. The zero-order valence-electron chi connectivity index (χ0n) is 10.7. The average molecular weight is 248 g/mol. The van der Waals surface area contributed by atoms with Crippen LogP contribution < -0.4 is 4.74 Å². The predicted octanol–water partition coefficient (Wildman–Crippen LogP) is 2.36. The monoisotopic (exact) mass is 248 g/mol. The highest BCUT2D eigenvalue weighted by Crippen LogP contribution is 2.29. The van der Waals surface area contributed by atoms with Crippen molar-refractivity contribution in [2.24, 2.45) is 0 Å². The standard InChI is InChI=1S/C14H17FN2O/c1-10(5-6-16)17(2)9-13-8-11-7-12(15)3-4-14(11)18-13/h3-4,7,10,13H,5,8-9H2,1-2H3. The first kappa shape index (κ1) is 12.8. The van der Waals surface area contributed by atoms with Gasteiger partial charge in [0.2, 0.25) is 0 Å². The summed E-state index contributed by atoms with van der Waals surface area (Å²) in [4.78, 5) is 2.11. The highest BCUT2D eigenvalue weighted by atomic mass is 19.1. The van der Waals surface area contributed by atoms with Crippen molar-refractivity contribution in [1.29, 1.82) is 5.26 Å². The van der Waals surface area contributed by atoms with Crippen molar-refractivity contribution in [3.8, 4) is 11.8 Å². The smallest absolute Gasteiger partial charge is 0.123 e. The van der Waals surface area contributed by atoms with Gasteiger partial charge in [-0.1, -0.05) is 0 Å². The predicted molar refractivity (Wildman–Crippen MR) is 66.8 cm³/mol. The number of nitriles is 1. The highest BCUT2D eigenvalue weighted by Gasteiger charge is 2.25. The second kappa shape index (κ2) is 5.36. The Morgan fingerprint density at radius 3 is 3.11 bits per heavy atom. The normalized spacial score (nSPS) is 19.2. The van der Waals surface area contributed by atoms with Crippen LogP contribution in [0.1, 0.15) is 18.9 Å². The van der Waals surface area contributed by atoms with Gasteiger partial charge in [-0.25, -0.2) is 4.39 Å². The minimum absolute atomic E-state index is 0.0490. The molecule has 18 heavy (non-hydrogen) atoms. The molecule has 0 bridgehead atoms. The summed E-state index contributed by atoms with van der Waals surface area (Å²) in [5.74, 6) is 0.562. The van der Waals surface area contributed by atoms with Gasteiger partial charge in [-0.2, -0.15) is 5.26 Å². The van der Waals surface area contributed by atoms with Crippen LogP contribution in [0.15, 0.2) is 18.2 Å². The number of rotatable bonds is 4. The second-order valence-electron chi connectivity index (χ2n) is 4.85. The number of fused-ring (bicyclic) bond motifs is 1. The number of halogens is 1. The molecular formula is C14H17FN2O. The van der Waals surface area contributed by atoms with E-state index in [-0.39, 0.29) is 18.0 Å². The zero-order chi connectivity index (χ0) is 13.1. The number of likely N-dealkylation sites (N-methyl/N-ethyl adjacent to an activating group) is 1. The quantitative estimate of drug-likeness (QED) is 0.820. The maximum absolute atomic E-state index is 13.1. The van der Waals surface area contributed by atoms with E-state index in [0.717, 1.165) is 24.3 Å². The first-order chi connectivity index (χ1) is 8.60. The molecule has 0 aliphatic carbocycles. The summed E-state index contributed by atoms with van der Waals surface area (Å²) in [6.07, 6.45) is 1.29. The van der Waals surface area contributed by atoms with Crippen LogP contribution in [-0.2, 0) is 6.42 Å². The Bertz CT molecular complexity index is 469. The molecule has 3 nitrogen and oxygen atoms in total. The van der Waals surface area contributed by atoms with E-state index in [4.69, 9.17) is 10.00 Å². The number of nitrogens with zero attached hydrogens (tertiary/aromatic N) is 2. The molecule has 1 aromatic rings. The summed E-state index contributed by atoms with van der Waals surface area (Å²) in [5, 5.41) is 8.67. The molecule has 1 heterocycles. The molecular weight excluding hydrogens is 231 g/mol. The fraction of sp³-hybridized carbons (Fsp3) is 0.500. The number of benzene rings is 1. The van der Waals surface area contributed by atoms with Gasteiger partial charge in [0.15, 0.2) is 0 Å². The third-order valence-corrected chi connectivity index (χ3v) is 3.39. The van der Waals surface area contributed by atoms with Gasteiger partial charge in [-0.15, -0.1) is 0 Å². The van der Waals surface area contributed by atoms with Crippen molar-refractivity contribution in [1.82, 2.24) is 4.90 Å². The van der Waals surface area contributed by atoms with Gasteiger partial charge in [-0.05, 0) is 32.2 Å². The van der Waals surface area contributed by atoms with Crippen molar-refractivity contribution < 1.29 is 9.13 Å². The Balaban J connectivity index is 1.93. The summed E-state index contributed by atoms with van der Waals surface area (Å²) in [7, 11) is 1.98. The summed E-state index contributed by atoms with van der Waals surface area (Å²) in [6, 6.07) is 7.01. The number of ether oxygens (including phenoxy) is 1. The van der Waals surface area contributed by atoms with Crippen molar-refractivity contribution in [3.63, 3.8) is 0 Å². The van der Waals surface area contributed by atoms with Gasteiger partial charge < -0.3 is 4.74 Å². The van der Waals surface area contributed by atoms with Crippen molar-refractivity contribution in [2.45, 2.75) is 31.9 Å². The van der Waals surface area contributed by atoms with Crippen molar-refractivity contribution in [2.75, 3.05) is 13.6 Å². The van der Waals surface area contributed by atoms with Crippen LogP contribution in [0.5, 0.6) is 5.75 Å². The topological polar surface area (TPSA) is 36.3 Å². The number of hydrogen-bond acceptors (Lipinski definition) is 3. The maximum atomic E-state index is 13.1. The molecule has 0 N–H and O–H groups in total. The van der Waals surface area contributed by atoms with E-state index in [1.807, 2.05) is 14.0 Å². The second-order valence-corrected chi connectivity index (χ2v) is 4.85. The molecule has 0 aromatic heterocycles. The Labute approximate surface area is 107 Å². The van der Waals surface area contributed by atoms with Gasteiger partial charge in [0, 0.05) is 24.6 Å². The average Bonchev–Trinajstić information content (AvgIpc) is 2.70. The minimum Gasteiger partial charge on any atom is -0.488 e. The summed E-state index contributed by atoms with van der Waals surface area (Å²) < 4.78 is 18.8. The minimum atomic E-state index is -0.218. The van der Waals surface area contributed by atoms with E-state index in [1.54, 1.807) is 6.07 Å². The van der Waals surface area contributed by atoms with Crippen LogP contribution in [0.3, 0.4) is 0 Å². The van der Waals surface area contributed by atoms with Gasteiger partial charge >= 0.3 is 0 Å². The van der Waals surface area contributed by atoms with Gasteiger partial charge in [0.05, 0.1) is 12.5 Å². The Hall–Kier alpha value is -1.60. The highest BCUT2D eigenvalue weighted by molar-refractivity contribution is 5.37. The van der Waals surface area contributed by atoms with Crippen LogP contribution in [0.2, 0.25) is 0 Å². The molecule has 1 aliphatic rings. The fourth-order valence-electron chi connectivity index (χ4n) is 2.18. The van der Waals surface area contributed by atoms with E-state index in [1.165, 1.54) is 12.1 Å². The third kappa shape index (κ3) is 2.80. The first-order valence-corrected chi connectivity index (χ1v) is 6.12. The van der Waals surface area contributed by atoms with Crippen molar-refractivity contribution in [3.05, 3.63) is 29.6 Å². The Morgan fingerprint density at radius 2 is 2.39 bits per heavy atom. The molecule has 2 atom stereocenters. The van der Waals surface area contributed by atoms with E-state index >= 15 is 0 Å². The molecule has 1 aromatic carbocycles. The fourth-order valence-corrected chi connectivity index (χ4v) is 2.18. The first-order valence-electron chi connectivity index (χ1n) is 6.12. The lowest BCUT2D eigenvalue weighted by Crippen LogP contribution is -2.37. The Morgan fingerprint density at radius 1 is 1.61 bits per heavy atom. The van der Waals surface area contributed by atoms with Crippen LogP contribution in [0, 0.1) is 17.1 Å². The SMILES string of the molecule is CC(CC#N)N(C)CC1Cc2cc(F)ccc2O1. The van der Waals surface area contributed by atoms with Gasteiger partial charge in [-0.3, -0.25) is 4.90 Å². The summed E-state index contributed by atoms with van der Waals surface area (Å²) in [6.45, 7) is 2.77. The van der Waals surface area contributed by atoms with Gasteiger partial charge in [0.1, 0.15) is 17.7 Å². The molecule has 0 radical (unpaired) electrons. The molecule has 0 amide bonds. The Kier molecular flexibility index (Phi) is 3.83. The van der Waals surface area contributed by atoms with E-state index in [2.05, 4.69) is 11.0 Å². The molecule has 96 valence electrons. The molecule has 2 rings (SSSR count). The third-order valence-electron chi connectivity index (χ3n) is 3.39. The lowest BCUT2D eigenvalue weighted by Gasteiger charge is -2.25. The molecule has 2 unspecified atom stereocenters. The zero-order valence-corrected chi connectivity index (χ0v) is 10.7. The lowest BCUT2D eigenvalue weighted by atomic mass is 10.1. The molecule has 0 saturated carbocycles. The molecule has 0 saturated heterocycles. The molecule has 1 aliphatic heterocycles. The van der Waals surface area contributed by atoms with E-state index < -0.39 is 0 Å². The van der Waals surface area contributed by atoms with Crippen molar-refractivity contribution >= 4 is 0 Å². The molecule has 0 spiro atoms. The van der Waals surface area contributed by atoms with Crippen LogP contribution in [-0.4, -0.2) is 30.6 Å². The van der Waals surface area contributed by atoms with E-state index in [0.29, 0.717) is 6.42 Å². The van der Waals surface area contributed by atoms with Crippen LogP contribution >= 0.6 is 0 Å². The van der Waals surface area contributed by atoms with Gasteiger partial charge in [0.25, 0.3) is 0 Å². The maximum Gasteiger partial charge on any atom is 0.123 e. The summed E-state index contributed by atoms with van der Waals surface area (Å²) >= 11 is 0.